The molecule has 6 heteroatoms. The monoisotopic (exact) mass is 315 g/mol. The summed E-state index contributed by atoms with van der Waals surface area (Å²) in [6.07, 6.45) is 1.50. The van der Waals surface area contributed by atoms with Crippen molar-refractivity contribution in [1.82, 2.24) is 9.97 Å². The highest BCUT2D eigenvalue weighted by Crippen LogP contribution is 2.16. The second-order valence-corrected chi connectivity index (χ2v) is 4.87. The number of rotatable bonds is 4. The first-order valence-corrected chi connectivity index (χ1v) is 7.22. The van der Waals surface area contributed by atoms with Gasteiger partial charge >= 0.3 is 0 Å². The van der Waals surface area contributed by atoms with Crippen molar-refractivity contribution in [3.8, 4) is 6.07 Å². The van der Waals surface area contributed by atoms with Crippen molar-refractivity contribution in [2.24, 2.45) is 0 Å². The fourth-order valence-corrected chi connectivity index (χ4v) is 2.07. The Morgan fingerprint density at radius 2 is 1.75 bits per heavy atom. The zero-order chi connectivity index (χ0) is 16.8. The van der Waals surface area contributed by atoms with Gasteiger partial charge in [-0.2, -0.15) is 5.26 Å². The minimum absolute atomic E-state index is 0.205. The molecule has 0 unspecified atom stereocenters. The van der Waals surface area contributed by atoms with Crippen LogP contribution < -0.4 is 10.6 Å². The van der Waals surface area contributed by atoms with E-state index < -0.39 is 5.91 Å². The fraction of sp³-hybridized carbons (Fsp3) is 0. The summed E-state index contributed by atoms with van der Waals surface area (Å²) < 4.78 is 0. The van der Waals surface area contributed by atoms with Gasteiger partial charge in [0.1, 0.15) is 11.8 Å². The van der Waals surface area contributed by atoms with Crippen molar-refractivity contribution in [3.63, 3.8) is 0 Å². The van der Waals surface area contributed by atoms with Gasteiger partial charge in [0.2, 0.25) is 5.95 Å². The summed E-state index contributed by atoms with van der Waals surface area (Å²) in [7, 11) is 0. The third-order valence-corrected chi connectivity index (χ3v) is 3.21. The molecule has 0 aliphatic rings. The van der Waals surface area contributed by atoms with E-state index in [1.165, 1.54) is 12.3 Å². The van der Waals surface area contributed by atoms with Gasteiger partial charge in [0.25, 0.3) is 5.91 Å². The number of aromatic nitrogens is 2. The SMILES string of the molecule is N#Cc1ccccc1NC(=O)c1ccnc(Nc2ccccc2)n1. The summed E-state index contributed by atoms with van der Waals surface area (Å²) in [4.78, 5) is 20.7. The Hall–Kier alpha value is -3.72. The number of benzene rings is 2. The summed E-state index contributed by atoms with van der Waals surface area (Å²) in [5, 5.41) is 14.8. The van der Waals surface area contributed by atoms with E-state index >= 15 is 0 Å². The molecule has 2 N–H and O–H groups in total. The molecule has 0 radical (unpaired) electrons. The highest BCUT2D eigenvalue weighted by atomic mass is 16.1. The highest BCUT2D eigenvalue weighted by Gasteiger charge is 2.11. The van der Waals surface area contributed by atoms with Crippen LogP contribution in [0.25, 0.3) is 0 Å². The first kappa shape index (κ1) is 15.2. The number of carbonyl (C=O) groups is 1. The number of hydrogen-bond acceptors (Lipinski definition) is 5. The molecule has 0 saturated heterocycles. The molecule has 0 aliphatic carbocycles. The molecule has 0 aliphatic heterocycles. The molecular weight excluding hydrogens is 302 g/mol. The fourth-order valence-electron chi connectivity index (χ4n) is 2.07. The molecular formula is C18H13N5O. The number of para-hydroxylation sites is 2. The van der Waals surface area contributed by atoms with Crippen molar-refractivity contribution in [2.75, 3.05) is 10.6 Å². The highest BCUT2D eigenvalue weighted by molar-refractivity contribution is 6.03. The minimum atomic E-state index is -0.406. The Balaban J connectivity index is 1.78. The Kier molecular flexibility index (Phi) is 4.45. The van der Waals surface area contributed by atoms with Crippen molar-refractivity contribution < 1.29 is 4.79 Å². The summed E-state index contributed by atoms with van der Waals surface area (Å²) in [5.74, 6) is -0.0846. The van der Waals surface area contributed by atoms with Crippen molar-refractivity contribution in [3.05, 3.63) is 78.1 Å². The smallest absolute Gasteiger partial charge is 0.274 e. The number of carbonyl (C=O) groups excluding carboxylic acids is 1. The summed E-state index contributed by atoms with van der Waals surface area (Å²) >= 11 is 0. The molecule has 3 aromatic rings. The van der Waals surface area contributed by atoms with E-state index in [1.54, 1.807) is 24.3 Å². The van der Waals surface area contributed by atoms with Crippen LogP contribution in [-0.4, -0.2) is 15.9 Å². The largest absolute Gasteiger partial charge is 0.324 e. The lowest BCUT2D eigenvalue weighted by atomic mass is 10.2. The molecule has 0 bridgehead atoms. The quantitative estimate of drug-likeness (QED) is 0.770. The number of hydrogen-bond donors (Lipinski definition) is 2. The number of nitrogens with one attached hydrogen (secondary N) is 2. The Morgan fingerprint density at radius 1 is 1.00 bits per heavy atom. The van der Waals surface area contributed by atoms with Crippen LogP contribution in [0, 0.1) is 11.3 Å². The average Bonchev–Trinajstić information content (AvgIpc) is 2.63. The molecule has 6 nitrogen and oxygen atoms in total. The minimum Gasteiger partial charge on any atom is -0.324 e. The molecule has 0 spiro atoms. The first-order valence-electron chi connectivity index (χ1n) is 7.22. The number of nitrogens with zero attached hydrogens (tertiary/aromatic N) is 3. The van der Waals surface area contributed by atoms with Gasteiger partial charge in [0.15, 0.2) is 0 Å². The molecule has 0 atom stereocenters. The molecule has 0 saturated carbocycles. The van der Waals surface area contributed by atoms with Crippen LogP contribution in [0.3, 0.4) is 0 Å². The zero-order valence-electron chi connectivity index (χ0n) is 12.6. The second kappa shape index (κ2) is 7.03. The molecule has 1 aromatic heterocycles. The number of anilines is 3. The molecule has 1 heterocycles. The molecule has 1 amide bonds. The van der Waals surface area contributed by atoms with E-state index in [-0.39, 0.29) is 5.69 Å². The van der Waals surface area contributed by atoms with Gasteiger partial charge in [0.05, 0.1) is 11.3 Å². The van der Waals surface area contributed by atoms with Gasteiger partial charge in [-0.15, -0.1) is 0 Å². The van der Waals surface area contributed by atoms with E-state index in [0.29, 0.717) is 17.2 Å². The lowest BCUT2D eigenvalue weighted by Gasteiger charge is -2.08. The lowest BCUT2D eigenvalue weighted by Crippen LogP contribution is -2.15. The average molecular weight is 315 g/mol. The van der Waals surface area contributed by atoms with E-state index in [9.17, 15) is 4.79 Å². The van der Waals surface area contributed by atoms with Crippen LogP contribution in [0.2, 0.25) is 0 Å². The van der Waals surface area contributed by atoms with Crippen LogP contribution in [0.15, 0.2) is 66.9 Å². The molecule has 3 rings (SSSR count). The lowest BCUT2D eigenvalue weighted by molar-refractivity contribution is 0.102. The van der Waals surface area contributed by atoms with E-state index in [0.717, 1.165) is 5.69 Å². The standard InChI is InChI=1S/C18H13N5O/c19-12-13-6-4-5-9-15(13)22-17(24)16-10-11-20-18(23-16)21-14-7-2-1-3-8-14/h1-11H,(H,22,24)(H,20,21,23). The van der Waals surface area contributed by atoms with Crippen LogP contribution in [0.4, 0.5) is 17.3 Å². The third-order valence-electron chi connectivity index (χ3n) is 3.21. The van der Waals surface area contributed by atoms with Crippen molar-refractivity contribution >= 4 is 23.2 Å². The van der Waals surface area contributed by atoms with E-state index in [2.05, 4.69) is 20.6 Å². The maximum Gasteiger partial charge on any atom is 0.274 e. The van der Waals surface area contributed by atoms with E-state index in [4.69, 9.17) is 5.26 Å². The van der Waals surface area contributed by atoms with Crippen molar-refractivity contribution in [1.29, 1.82) is 5.26 Å². The third kappa shape index (κ3) is 3.54. The number of amides is 1. The maximum absolute atomic E-state index is 12.3. The van der Waals surface area contributed by atoms with Crippen molar-refractivity contribution in [2.45, 2.75) is 0 Å². The Labute approximate surface area is 138 Å². The first-order chi connectivity index (χ1) is 11.8. The second-order valence-electron chi connectivity index (χ2n) is 4.87. The van der Waals surface area contributed by atoms with Gasteiger partial charge in [-0.05, 0) is 30.3 Å². The van der Waals surface area contributed by atoms with Gasteiger partial charge in [0, 0.05) is 11.9 Å². The van der Waals surface area contributed by atoms with Crippen LogP contribution in [0.5, 0.6) is 0 Å². The molecule has 24 heavy (non-hydrogen) atoms. The van der Waals surface area contributed by atoms with Crippen LogP contribution >= 0.6 is 0 Å². The van der Waals surface area contributed by atoms with Crippen LogP contribution in [-0.2, 0) is 0 Å². The number of nitriles is 1. The van der Waals surface area contributed by atoms with E-state index in [1.807, 2.05) is 36.4 Å². The Morgan fingerprint density at radius 3 is 2.54 bits per heavy atom. The van der Waals surface area contributed by atoms with Gasteiger partial charge in [-0.1, -0.05) is 30.3 Å². The maximum atomic E-state index is 12.3. The zero-order valence-corrected chi connectivity index (χ0v) is 12.6. The van der Waals surface area contributed by atoms with Gasteiger partial charge < -0.3 is 10.6 Å². The molecule has 0 fully saturated rings. The summed E-state index contributed by atoms with van der Waals surface area (Å²) in [6.45, 7) is 0. The Bertz CT molecular complexity index is 903. The normalized spacial score (nSPS) is 9.79. The van der Waals surface area contributed by atoms with Gasteiger partial charge in [-0.25, -0.2) is 9.97 Å². The summed E-state index contributed by atoms with van der Waals surface area (Å²) in [6, 6.07) is 19.8. The van der Waals surface area contributed by atoms with Gasteiger partial charge in [-0.3, -0.25) is 4.79 Å². The predicted octanol–water partition coefficient (Wildman–Crippen LogP) is 3.34. The molecule has 2 aromatic carbocycles. The van der Waals surface area contributed by atoms with Crippen LogP contribution in [0.1, 0.15) is 16.1 Å². The molecule has 116 valence electrons. The summed E-state index contributed by atoms with van der Waals surface area (Å²) in [5.41, 5.74) is 1.87. The topological polar surface area (TPSA) is 90.7 Å². The predicted molar refractivity (Wildman–Crippen MR) is 90.9 cm³/mol.